The molecule has 0 amide bonds. The number of fused-ring (bicyclic) bond motifs is 1. The predicted octanol–water partition coefficient (Wildman–Crippen LogP) is 0.712. The third kappa shape index (κ3) is 2.22. The molecule has 2 atom stereocenters. The summed E-state index contributed by atoms with van der Waals surface area (Å²) in [5.74, 6) is 0.790. The first-order chi connectivity index (χ1) is 9.54. The maximum Gasteiger partial charge on any atom is 0.260 e. The smallest absolute Gasteiger partial charge is 0.260 e. The molecular formula is C14H18N4O2. The van der Waals surface area contributed by atoms with E-state index in [0.717, 1.165) is 13.0 Å². The molecule has 0 bridgehead atoms. The molecule has 1 fully saturated rings. The SMILES string of the molecule is CC(O)C1CCN(c2nc3ccc(N)cc3c(=O)[nH]2)C1. The molecule has 0 radical (unpaired) electrons. The summed E-state index contributed by atoms with van der Waals surface area (Å²) in [6.45, 7) is 3.30. The molecule has 1 aromatic carbocycles. The molecule has 4 N–H and O–H groups in total. The minimum atomic E-state index is -0.341. The number of hydrogen-bond donors (Lipinski definition) is 3. The van der Waals surface area contributed by atoms with E-state index < -0.39 is 0 Å². The quantitative estimate of drug-likeness (QED) is 0.701. The van der Waals surface area contributed by atoms with Gasteiger partial charge in [-0.1, -0.05) is 0 Å². The largest absolute Gasteiger partial charge is 0.399 e. The Hall–Kier alpha value is -2.08. The molecule has 0 spiro atoms. The third-order valence-corrected chi connectivity index (χ3v) is 3.92. The first-order valence-electron chi connectivity index (χ1n) is 6.77. The van der Waals surface area contributed by atoms with Crippen LogP contribution in [-0.2, 0) is 0 Å². The van der Waals surface area contributed by atoms with E-state index in [2.05, 4.69) is 9.97 Å². The number of aromatic amines is 1. The van der Waals surface area contributed by atoms with Crippen LogP contribution in [0.2, 0.25) is 0 Å². The summed E-state index contributed by atoms with van der Waals surface area (Å²) in [5, 5.41) is 10.1. The molecule has 1 aliphatic heterocycles. The van der Waals surface area contributed by atoms with Crippen LogP contribution in [0.25, 0.3) is 10.9 Å². The Morgan fingerprint density at radius 2 is 2.35 bits per heavy atom. The molecule has 3 rings (SSSR count). The number of nitrogens with zero attached hydrogens (tertiary/aromatic N) is 2. The van der Waals surface area contributed by atoms with Crippen molar-refractivity contribution in [2.24, 2.45) is 5.92 Å². The second kappa shape index (κ2) is 4.79. The van der Waals surface area contributed by atoms with Gasteiger partial charge in [0.25, 0.3) is 5.56 Å². The first kappa shape index (κ1) is 12.9. The number of nitrogens with two attached hydrogens (primary N) is 1. The number of nitrogen functional groups attached to an aromatic ring is 1. The highest BCUT2D eigenvalue weighted by atomic mass is 16.3. The second-order valence-corrected chi connectivity index (χ2v) is 5.40. The average molecular weight is 274 g/mol. The summed E-state index contributed by atoms with van der Waals surface area (Å²) in [6, 6.07) is 5.13. The zero-order valence-electron chi connectivity index (χ0n) is 11.3. The zero-order valence-corrected chi connectivity index (χ0v) is 11.3. The fourth-order valence-electron chi connectivity index (χ4n) is 2.67. The Bertz CT molecular complexity index is 695. The number of rotatable bonds is 2. The van der Waals surface area contributed by atoms with Crippen molar-refractivity contribution in [2.45, 2.75) is 19.4 Å². The number of H-pyrrole nitrogens is 1. The molecule has 1 saturated heterocycles. The van der Waals surface area contributed by atoms with Gasteiger partial charge < -0.3 is 15.7 Å². The molecule has 106 valence electrons. The third-order valence-electron chi connectivity index (χ3n) is 3.92. The molecule has 2 aromatic rings. The van der Waals surface area contributed by atoms with Crippen molar-refractivity contribution in [1.82, 2.24) is 9.97 Å². The van der Waals surface area contributed by atoms with E-state index in [1.807, 2.05) is 4.90 Å². The summed E-state index contributed by atoms with van der Waals surface area (Å²) >= 11 is 0. The molecule has 1 aliphatic rings. The van der Waals surface area contributed by atoms with Gasteiger partial charge in [-0.05, 0) is 31.5 Å². The van der Waals surface area contributed by atoms with E-state index in [0.29, 0.717) is 29.1 Å². The number of aliphatic hydroxyl groups is 1. The van der Waals surface area contributed by atoms with Crippen molar-refractivity contribution in [3.63, 3.8) is 0 Å². The van der Waals surface area contributed by atoms with Crippen molar-refractivity contribution < 1.29 is 5.11 Å². The monoisotopic (exact) mass is 274 g/mol. The topological polar surface area (TPSA) is 95.2 Å². The van der Waals surface area contributed by atoms with Crippen LogP contribution >= 0.6 is 0 Å². The maximum absolute atomic E-state index is 12.1. The van der Waals surface area contributed by atoms with E-state index in [4.69, 9.17) is 5.73 Å². The predicted molar refractivity (Wildman–Crippen MR) is 78.8 cm³/mol. The number of anilines is 2. The van der Waals surface area contributed by atoms with Crippen LogP contribution in [0.15, 0.2) is 23.0 Å². The molecular weight excluding hydrogens is 256 g/mol. The standard InChI is InChI=1S/C14H18N4O2/c1-8(19)9-4-5-18(7-9)14-16-12-3-2-10(15)6-11(12)13(20)17-14/h2-3,6,8-9,19H,4-5,7,15H2,1H3,(H,16,17,20). The van der Waals surface area contributed by atoms with Gasteiger partial charge in [0.05, 0.1) is 17.0 Å². The lowest BCUT2D eigenvalue weighted by molar-refractivity contribution is 0.136. The number of aromatic nitrogens is 2. The molecule has 2 heterocycles. The summed E-state index contributed by atoms with van der Waals surface area (Å²) in [6.07, 6.45) is 0.563. The Kier molecular flexibility index (Phi) is 3.10. The van der Waals surface area contributed by atoms with Crippen molar-refractivity contribution in [3.05, 3.63) is 28.6 Å². The van der Waals surface area contributed by atoms with Gasteiger partial charge in [-0.15, -0.1) is 0 Å². The minimum absolute atomic E-state index is 0.183. The van der Waals surface area contributed by atoms with Crippen molar-refractivity contribution in [3.8, 4) is 0 Å². The van der Waals surface area contributed by atoms with Crippen molar-refractivity contribution in [1.29, 1.82) is 0 Å². The van der Waals surface area contributed by atoms with E-state index in [1.165, 1.54) is 0 Å². The van der Waals surface area contributed by atoms with Crippen LogP contribution in [0.1, 0.15) is 13.3 Å². The average Bonchev–Trinajstić information content (AvgIpc) is 2.89. The Morgan fingerprint density at radius 1 is 1.55 bits per heavy atom. The molecule has 0 aliphatic carbocycles. The van der Waals surface area contributed by atoms with Crippen molar-refractivity contribution >= 4 is 22.5 Å². The van der Waals surface area contributed by atoms with Crippen LogP contribution in [0.5, 0.6) is 0 Å². The first-order valence-corrected chi connectivity index (χ1v) is 6.77. The van der Waals surface area contributed by atoms with Crippen LogP contribution in [0, 0.1) is 5.92 Å². The fraction of sp³-hybridized carbons (Fsp3) is 0.429. The van der Waals surface area contributed by atoms with Gasteiger partial charge in [0.2, 0.25) is 5.95 Å². The summed E-state index contributed by atoms with van der Waals surface area (Å²) in [7, 11) is 0. The van der Waals surface area contributed by atoms with Gasteiger partial charge >= 0.3 is 0 Å². The molecule has 2 unspecified atom stereocenters. The lowest BCUT2D eigenvalue weighted by Gasteiger charge is -2.18. The number of hydrogen-bond acceptors (Lipinski definition) is 5. The molecule has 6 nitrogen and oxygen atoms in total. The normalized spacial score (nSPS) is 20.5. The summed E-state index contributed by atoms with van der Waals surface area (Å²) in [4.78, 5) is 21.4. The van der Waals surface area contributed by atoms with E-state index >= 15 is 0 Å². The van der Waals surface area contributed by atoms with Gasteiger partial charge in [-0.25, -0.2) is 4.98 Å². The van der Waals surface area contributed by atoms with Crippen LogP contribution < -0.4 is 16.2 Å². The Morgan fingerprint density at radius 3 is 3.05 bits per heavy atom. The minimum Gasteiger partial charge on any atom is -0.399 e. The molecule has 1 aromatic heterocycles. The van der Waals surface area contributed by atoms with Gasteiger partial charge in [0, 0.05) is 24.7 Å². The van der Waals surface area contributed by atoms with Crippen LogP contribution in [0.4, 0.5) is 11.6 Å². The number of benzene rings is 1. The highest BCUT2D eigenvalue weighted by molar-refractivity contribution is 5.81. The van der Waals surface area contributed by atoms with Crippen LogP contribution in [-0.4, -0.2) is 34.3 Å². The molecule has 20 heavy (non-hydrogen) atoms. The van der Waals surface area contributed by atoms with Gasteiger partial charge in [0.1, 0.15) is 0 Å². The zero-order chi connectivity index (χ0) is 14.3. The van der Waals surface area contributed by atoms with E-state index in [-0.39, 0.29) is 17.6 Å². The lowest BCUT2D eigenvalue weighted by atomic mass is 10.0. The van der Waals surface area contributed by atoms with Crippen LogP contribution in [0.3, 0.4) is 0 Å². The number of aliphatic hydroxyl groups excluding tert-OH is 1. The van der Waals surface area contributed by atoms with Crippen molar-refractivity contribution in [2.75, 3.05) is 23.7 Å². The van der Waals surface area contributed by atoms with E-state index in [1.54, 1.807) is 25.1 Å². The lowest BCUT2D eigenvalue weighted by Crippen LogP contribution is -2.27. The van der Waals surface area contributed by atoms with Gasteiger partial charge in [-0.2, -0.15) is 0 Å². The Balaban J connectivity index is 1.98. The highest BCUT2D eigenvalue weighted by Gasteiger charge is 2.27. The van der Waals surface area contributed by atoms with E-state index in [9.17, 15) is 9.90 Å². The highest BCUT2D eigenvalue weighted by Crippen LogP contribution is 2.23. The molecule has 0 saturated carbocycles. The summed E-state index contributed by atoms with van der Waals surface area (Å²) < 4.78 is 0. The molecule has 6 heteroatoms. The van der Waals surface area contributed by atoms with Gasteiger partial charge in [0.15, 0.2) is 0 Å². The number of nitrogens with one attached hydrogen (secondary N) is 1. The maximum atomic E-state index is 12.1. The fourth-order valence-corrected chi connectivity index (χ4v) is 2.67. The second-order valence-electron chi connectivity index (χ2n) is 5.40. The van der Waals surface area contributed by atoms with Gasteiger partial charge in [-0.3, -0.25) is 9.78 Å². The summed E-state index contributed by atoms with van der Waals surface area (Å²) in [5.41, 5.74) is 6.69. The Labute approximate surface area is 116 Å².